The van der Waals surface area contributed by atoms with Crippen LogP contribution in [-0.4, -0.2) is 15.0 Å². The first-order valence-corrected chi connectivity index (χ1v) is 14.5. The van der Waals surface area contributed by atoms with Gasteiger partial charge in [0.25, 0.3) is 0 Å². The van der Waals surface area contributed by atoms with E-state index in [1.165, 1.54) is 0 Å². The standard InChI is InChI=1S/C41H25N3O/c1-3-11-27(12-4-1)39-42-40(28-13-5-2-6-14-28)44-41(43-39)34-16-9-17-37-38(34)35-25-30(21-23-36(35)45-37)29-20-22-33-31(24-29)19-18-26-10-7-8-15-32(26)33/h1-25H/i9D,16D,17D,21D,23D,25D. The van der Waals surface area contributed by atoms with Gasteiger partial charge in [0.2, 0.25) is 0 Å². The summed E-state index contributed by atoms with van der Waals surface area (Å²) in [5.74, 6) is 0.742. The Morgan fingerprint density at radius 3 is 1.91 bits per heavy atom. The fraction of sp³-hybridized carbons (Fsp3) is 0. The molecule has 0 aliphatic rings. The molecule has 0 fully saturated rings. The lowest BCUT2D eigenvalue weighted by Crippen LogP contribution is -2.00. The van der Waals surface area contributed by atoms with Gasteiger partial charge in [-0.2, -0.15) is 0 Å². The van der Waals surface area contributed by atoms with Gasteiger partial charge in [-0.25, -0.2) is 15.0 Å². The SMILES string of the molecule is [2H]c1c(-c2ccc3c(ccc4ccccc43)c2)c([2H])c2c(oc3c([2H])c([2H])c([2H])c(-c4nc(-c5ccccc5)nc(-c5ccccc5)n4)c32)c1[2H]. The molecule has 0 saturated carbocycles. The second-order valence-electron chi connectivity index (χ2n) is 10.8. The fourth-order valence-electron chi connectivity index (χ4n) is 5.85. The molecule has 2 heterocycles. The van der Waals surface area contributed by atoms with Crippen LogP contribution in [0, 0.1) is 0 Å². The van der Waals surface area contributed by atoms with Gasteiger partial charge < -0.3 is 4.42 Å². The molecule has 0 unspecified atom stereocenters. The molecule has 210 valence electrons. The number of fused-ring (bicyclic) bond motifs is 6. The van der Waals surface area contributed by atoms with Crippen LogP contribution in [0.5, 0.6) is 0 Å². The Kier molecular flexibility index (Phi) is 4.54. The first-order valence-electron chi connectivity index (χ1n) is 17.5. The summed E-state index contributed by atoms with van der Waals surface area (Å²) in [5.41, 5.74) is 2.15. The number of hydrogen-bond acceptors (Lipinski definition) is 4. The van der Waals surface area contributed by atoms with Crippen molar-refractivity contribution in [2.45, 2.75) is 0 Å². The molecule has 0 amide bonds. The molecule has 45 heavy (non-hydrogen) atoms. The van der Waals surface area contributed by atoms with E-state index in [1.54, 1.807) is 0 Å². The molecular formula is C41H25N3O. The van der Waals surface area contributed by atoms with Gasteiger partial charge in [-0.15, -0.1) is 0 Å². The van der Waals surface area contributed by atoms with Gasteiger partial charge in [-0.05, 0) is 56.9 Å². The highest BCUT2D eigenvalue weighted by Crippen LogP contribution is 2.39. The smallest absolute Gasteiger partial charge is 0.164 e. The van der Waals surface area contributed by atoms with Crippen LogP contribution in [0.15, 0.2) is 156 Å². The number of hydrogen-bond donors (Lipinski definition) is 0. The first kappa shape index (κ1) is 19.9. The minimum absolute atomic E-state index is 0.0638. The molecule has 4 nitrogen and oxygen atoms in total. The summed E-state index contributed by atoms with van der Waals surface area (Å²) in [6.07, 6.45) is 0. The molecule has 0 N–H and O–H groups in total. The van der Waals surface area contributed by atoms with Crippen LogP contribution in [0.4, 0.5) is 0 Å². The van der Waals surface area contributed by atoms with Crippen molar-refractivity contribution in [2.24, 2.45) is 0 Å². The van der Waals surface area contributed by atoms with Gasteiger partial charge in [0.15, 0.2) is 17.5 Å². The van der Waals surface area contributed by atoms with E-state index in [2.05, 4.69) is 12.1 Å². The van der Waals surface area contributed by atoms with Gasteiger partial charge in [0.1, 0.15) is 11.2 Å². The topological polar surface area (TPSA) is 51.8 Å². The Bertz CT molecular complexity index is 2820. The van der Waals surface area contributed by atoms with Gasteiger partial charge in [-0.3, -0.25) is 0 Å². The maximum atomic E-state index is 9.57. The molecule has 0 aliphatic heterocycles. The highest BCUT2D eigenvalue weighted by Gasteiger charge is 2.18. The molecule has 0 aliphatic carbocycles. The Balaban J connectivity index is 1.37. The van der Waals surface area contributed by atoms with Crippen molar-refractivity contribution in [3.63, 3.8) is 0 Å². The van der Waals surface area contributed by atoms with Crippen LogP contribution in [0.1, 0.15) is 8.22 Å². The molecule has 0 atom stereocenters. The highest BCUT2D eigenvalue weighted by molar-refractivity contribution is 6.13. The summed E-state index contributed by atoms with van der Waals surface area (Å²) >= 11 is 0. The van der Waals surface area contributed by atoms with E-state index in [-0.39, 0.29) is 69.1 Å². The normalized spacial score (nSPS) is 13.4. The lowest BCUT2D eigenvalue weighted by Gasteiger charge is -2.09. The van der Waals surface area contributed by atoms with Crippen LogP contribution in [0.2, 0.25) is 0 Å². The maximum Gasteiger partial charge on any atom is 0.164 e. The summed E-state index contributed by atoms with van der Waals surface area (Å²) in [7, 11) is 0. The molecule has 0 bridgehead atoms. The molecule has 0 saturated heterocycles. The number of aromatic nitrogens is 3. The zero-order valence-corrected chi connectivity index (χ0v) is 23.7. The minimum atomic E-state index is -0.411. The third-order valence-corrected chi connectivity index (χ3v) is 8.03. The lowest BCUT2D eigenvalue weighted by molar-refractivity contribution is 0.669. The zero-order chi connectivity index (χ0) is 35.0. The molecule has 7 aromatic carbocycles. The third-order valence-electron chi connectivity index (χ3n) is 8.03. The van der Waals surface area contributed by atoms with E-state index < -0.39 is 6.04 Å². The van der Waals surface area contributed by atoms with Crippen molar-refractivity contribution in [3.05, 3.63) is 152 Å². The Hall–Kier alpha value is -6.13. The molecule has 9 aromatic rings. The lowest BCUT2D eigenvalue weighted by atomic mass is 9.96. The molecule has 9 rings (SSSR count). The average Bonchev–Trinajstić information content (AvgIpc) is 3.57. The first-order chi connectivity index (χ1) is 24.8. The van der Waals surface area contributed by atoms with E-state index in [1.807, 2.05) is 103 Å². The molecule has 4 heteroatoms. The van der Waals surface area contributed by atoms with E-state index in [9.17, 15) is 1.37 Å². The Morgan fingerprint density at radius 1 is 0.467 bits per heavy atom. The number of furan rings is 1. The van der Waals surface area contributed by atoms with Crippen LogP contribution in [0.25, 0.3) is 88.8 Å². The second kappa shape index (κ2) is 10.2. The van der Waals surface area contributed by atoms with Crippen molar-refractivity contribution in [1.82, 2.24) is 15.0 Å². The zero-order valence-electron chi connectivity index (χ0n) is 29.7. The monoisotopic (exact) mass is 581 g/mol. The largest absolute Gasteiger partial charge is 0.456 e. The van der Waals surface area contributed by atoms with Gasteiger partial charge in [-0.1, -0.05) is 127 Å². The summed E-state index contributed by atoms with van der Waals surface area (Å²) in [6.45, 7) is 0. The molecular weight excluding hydrogens is 550 g/mol. The van der Waals surface area contributed by atoms with E-state index >= 15 is 0 Å². The molecule has 0 radical (unpaired) electrons. The molecule has 0 spiro atoms. The van der Waals surface area contributed by atoms with Crippen LogP contribution >= 0.6 is 0 Å². The van der Waals surface area contributed by atoms with Crippen LogP contribution < -0.4 is 0 Å². The summed E-state index contributed by atoms with van der Waals surface area (Å²) in [6, 6.07) is 34.9. The van der Waals surface area contributed by atoms with Gasteiger partial charge in [0.05, 0.1) is 8.22 Å². The maximum absolute atomic E-state index is 9.57. The van der Waals surface area contributed by atoms with Crippen molar-refractivity contribution >= 4 is 43.5 Å². The quantitative estimate of drug-likeness (QED) is 0.194. The number of benzene rings is 7. The summed E-state index contributed by atoms with van der Waals surface area (Å²) in [4.78, 5) is 14.4. The summed E-state index contributed by atoms with van der Waals surface area (Å²) in [5, 5.41) is 4.45. The average molecular weight is 582 g/mol. The Morgan fingerprint density at radius 2 is 1.13 bits per heavy atom. The predicted molar refractivity (Wildman–Crippen MR) is 184 cm³/mol. The van der Waals surface area contributed by atoms with Crippen molar-refractivity contribution < 1.29 is 12.6 Å². The fourth-order valence-corrected chi connectivity index (χ4v) is 5.85. The van der Waals surface area contributed by atoms with Gasteiger partial charge in [0, 0.05) is 27.5 Å². The third kappa shape index (κ3) is 4.35. The molecule has 2 aromatic heterocycles. The van der Waals surface area contributed by atoms with Crippen molar-refractivity contribution in [3.8, 4) is 45.3 Å². The van der Waals surface area contributed by atoms with Gasteiger partial charge >= 0.3 is 0 Å². The highest BCUT2D eigenvalue weighted by atomic mass is 16.3. The Labute approximate surface area is 267 Å². The summed E-state index contributed by atoms with van der Waals surface area (Å²) < 4.78 is 60.5. The number of rotatable bonds is 4. The number of nitrogens with zero attached hydrogens (tertiary/aromatic N) is 3. The second-order valence-corrected chi connectivity index (χ2v) is 10.8. The van der Waals surface area contributed by atoms with E-state index in [0.717, 1.165) is 21.5 Å². The van der Waals surface area contributed by atoms with Crippen molar-refractivity contribution in [1.29, 1.82) is 0 Å². The van der Waals surface area contributed by atoms with Crippen LogP contribution in [-0.2, 0) is 0 Å². The van der Waals surface area contributed by atoms with Crippen molar-refractivity contribution in [2.75, 3.05) is 0 Å². The van der Waals surface area contributed by atoms with Crippen LogP contribution in [0.3, 0.4) is 0 Å². The predicted octanol–water partition coefficient (Wildman–Crippen LogP) is 10.7. The van der Waals surface area contributed by atoms with E-state index in [0.29, 0.717) is 28.3 Å². The van der Waals surface area contributed by atoms with E-state index in [4.69, 9.17) is 26.2 Å². The minimum Gasteiger partial charge on any atom is -0.456 e.